The van der Waals surface area contributed by atoms with Crippen molar-refractivity contribution in [2.75, 3.05) is 47.6 Å². The lowest BCUT2D eigenvalue weighted by atomic mass is 9.99. The summed E-state index contributed by atoms with van der Waals surface area (Å²) in [5.41, 5.74) is 0.343. The van der Waals surface area contributed by atoms with E-state index in [1.807, 2.05) is 0 Å². The maximum absolute atomic E-state index is 13.0. The maximum Gasteiger partial charge on any atom is 0.344 e. The Morgan fingerprint density at radius 2 is 1.63 bits per heavy atom. The summed E-state index contributed by atoms with van der Waals surface area (Å²) in [6, 6.07) is 11.4. The summed E-state index contributed by atoms with van der Waals surface area (Å²) in [6.07, 6.45) is 0. The topological polar surface area (TPSA) is 113 Å². The number of aromatic hydroxyl groups is 1. The van der Waals surface area contributed by atoms with Crippen LogP contribution >= 0.6 is 0 Å². The van der Waals surface area contributed by atoms with Gasteiger partial charge in [-0.3, -0.25) is 0 Å². The summed E-state index contributed by atoms with van der Waals surface area (Å²) in [7, 11) is 4.75. The van der Waals surface area contributed by atoms with Gasteiger partial charge in [-0.15, -0.1) is 0 Å². The van der Waals surface area contributed by atoms with Gasteiger partial charge in [-0.05, 0) is 24.3 Å². The second-order valence-corrected chi connectivity index (χ2v) is 8.16. The molecule has 2 N–H and O–H groups in total. The van der Waals surface area contributed by atoms with E-state index >= 15 is 0 Å². The Balaban J connectivity index is 1.88. The van der Waals surface area contributed by atoms with Crippen LogP contribution in [0.1, 0.15) is 5.56 Å². The molecular weight excluding hydrogens is 454 g/mol. The molecule has 0 saturated heterocycles. The van der Waals surface area contributed by atoms with E-state index < -0.39 is 11.3 Å². The molecule has 2 aromatic carbocycles. The molecule has 2 aromatic heterocycles. The summed E-state index contributed by atoms with van der Waals surface area (Å²) in [4.78, 5) is 26.7. The third-order valence-corrected chi connectivity index (χ3v) is 5.97. The van der Waals surface area contributed by atoms with Gasteiger partial charge in [0.2, 0.25) is 0 Å². The van der Waals surface area contributed by atoms with Crippen LogP contribution in [0.15, 0.2) is 60.9 Å². The Kier molecular flexibility index (Phi) is 7.50. The minimum absolute atomic E-state index is 0.000385. The van der Waals surface area contributed by atoms with Gasteiger partial charge >= 0.3 is 11.3 Å². The highest BCUT2D eigenvalue weighted by atomic mass is 16.5. The molecule has 0 radical (unpaired) electrons. The Bertz CT molecular complexity index is 1450. The van der Waals surface area contributed by atoms with Crippen LogP contribution in [0.5, 0.6) is 11.5 Å². The second-order valence-electron chi connectivity index (χ2n) is 8.16. The van der Waals surface area contributed by atoms with E-state index in [4.69, 9.17) is 23.0 Å². The Labute approximate surface area is 201 Å². The summed E-state index contributed by atoms with van der Waals surface area (Å²) < 4.78 is 26.9. The highest BCUT2D eigenvalue weighted by Crippen LogP contribution is 2.33. The molecule has 0 unspecified atom stereocenters. The van der Waals surface area contributed by atoms with Crippen molar-refractivity contribution in [3.63, 3.8) is 0 Å². The molecule has 9 nitrogen and oxygen atoms in total. The van der Waals surface area contributed by atoms with Crippen molar-refractivity contribution >= 4 is 21.9 Å². The lowest BCUT2D eigenvalue weighted by molar-refractivity contribution is -0.914. The predicted molar refractivity (Wildman–Crippen MR) is 130 cm³/mol. The zero-order valence-corrected chi connectivity index (χ0v) is 19.9. The number of fused-ring (bicyclic) bond motifs is 2. The van der Waals surface area contributed by atoms with E-state index in [1.54, 1.807) is 44.6 Å². The third kappa shape index (κ3) is 5.07. The smallest absolute Gasteiger partial charge is 0.344 e. The van der Waals surface area contributed by atoms with Crippen molar-refractivity contribution in [1.82, 2.24) is 0 Å². The molecule has 0 bridgehead atoms. The van der Waals surface area contributed by atoms with Gasteiger partial charge < -0.3 is 33.1 Å². The normalized spacial score (nSPS) is 11.5. The first kappa shape index (κ1) is 24.5. The number of quaternary nitrogens is 1. The molecule has 35 heavy (non-hydrogen) atoms. The van der Waals surface area contributed by atoms with Gasteiger partial charge in [-0.25, -0.2) is 9.59 Å². The van der Waals surface area contributed by atoms with Crippen molar-refractivity contribution in [2.45, 2.75) is 6.54 Å². The van der Waals surface area contributed by atoms with E-state index in [0.717, 1.165) is 4.90 Å². The van der Waals surface area contributed by atoms with Crippen LogP contribution in [-0.2, 0) is 16.0 Å². The molecule has 4 rings (SSSR count). The highest BCUT2D eigenvalue weighted by Gasteiger charge is 2.21. The summed E-state index contributed by atoms with van der Waals surface area (Å²) in [5, 5.41) is 11.8. The van der Waals surface area contributed by atoms with Gasteiger partial charge in [0, 0.05) is 36.6 Å². The number of hydrogen-bond donors (Lipinski definition) is 2. The molecule has 184 valence electrons. The Hall–Kier alpha value is -3.66. The van der Waals surface area contributed by atoms with Gasteiger partial charge in [-0.1, -0.05) is 12.1 Å². The van der Waals surface area contributed by atoms with E-state index in [-0.39, 0.29) is 16.9 Å². The Morgan fingerprint density at radius 3 is 2.31 bits per heavy atom. The molecule has 0 spiro atoms. The van der Waals surface area contributed by atoms with Gasteiger partial charge in [0.25, 0.3) is 0 Å². The number of ether oxygens (including phenoxy) is 3. The number of benzene rings is 2. The van der Waals surface area contributed by atoms with Crippen molar-refractivity contribution in [1.29, 1.82) is 0 Å². The number of hydrogen-bond acceptors (Lipinski definition) is 8. The second kappa shape index (κ2) is 10.7. The fourth-order valence-electron chi connectivity index (χ4n) is 4.18. The zero-order valence-electron chi connectivity index (χ0n) is 19.9. The van der Waals surface area contributed by atoms with Crippen molar-refractivity contribution in [3.8, 4) is 22.6 Å². The van der Waals surface area contributed by atoms with Gasteiger partial charge in [0.1, 0.15) is 25.4 Å². The zero-order chi connectivity index (χ0) is 24.9. The fraction of sp³-hybridized carbons (Fsp3) is 0.308. The van der Waals surface area contributed by atoms with E-state index in [1.165, 1.54) is 19.2 Å². The van der Waals surface area contributed by atoms with Crippen molar-refractivity contribution < 1.29 is 33.1 Å². The number of methoxy groups -OCH3 is 3. The SMILES string of the molecule is COCC[NH+](CCOC)Cc1c(O)ccc2c(-c3cc4cccc(OC)c4oc3=O)cc(=O)oc12. The quantitative estimate of drug-likeness (QED) is 0.330. The summed E-state index contributed by atoms with van der Waals surface area (Å²) in [6.45, 7) is 2.72. The first-order valence-electron chi connectivity index (χ1n) is 11.2. The molecule has 0 aliphatic heterocycles. The first-order chi connectivity index (χ1) is 17.0. The molecule has 0 atom stereocenters. The molecule has 0 aliphatic carbocycles. The largest absolute Gasteiger partial charge is 0.507 e. The lowest BCUT2D eigenvalue weighted by Gasteiger charge is -2.20. The number of phenols is 1. The van der Waals surface area contributed by atoms with Gasteiger partial charge in [-0.2, -0.15) is 0 Å². The van der Waals surface area contributed by atoms with E-state index in [0.29, 0.717) is 66.1 Å². The molecule has 0 saturated carbocycles. The standard InChI is InChI=1S/C26H27NO8/c1-31-11-9-27(10-12-32-2)15-20-21(28)8-7-17-18(14-23(29)34-25(17)20)19-13-16-5-4-6-22(33-3)24(16)35-26(19)30/h4-8,13-14,28H,9-12,15H2,1-3H3/p+1. The molecule has 0 aliphatic rings. The average molecular weight is 483 g/mol. The molecule has 0 fully saturated rings. The molecular formula is C26H28NO8+. The maximum atomic E-state index is 13.0. The molecule has 9 heteroatoms. The third-order valence-electron chi connectivity index (χ3n) is 5.97. The van der Waals surface area contributed by atoms with Crippen LogP contribution in [0.2, 0.25) is 0 Å². The first-order valence-corrected chi connectivity index (χ1v) is 11.2. The fourth-order valence-corrected chi connectivity index (χ4v) is 4.18. The number of phenolic OH excluding ortho intramolecular Hbond substituents is 1. The summed E-state index contributed by atoms with van der Waals surface area (Å²) in [5.74, 6) is 0.436. The molecule has 0 amide bonds. The van der Waals surface area contributed by atoms with Crippen LogP contribution in [-0.4, -0.2) is 52.7 Å². The summed E-state index contributed by atoms with van der Waals surface area (Å²) >= 11 is 0. The number of para-hydroxylation sites is 1. The monoisotopic (exact) mass is 482 g/mol. The number of nitrogens with one attached hydrogen (secondary N) is 1. The van der Waals surface area contributed by atoms with E-state index in [2.05, 4.69) is 0 Å². The van der Waals surface area contributed by atoms with Crippen LogP contribution in [0.4, 0.5) is 0 Å². The van der Waals surface area contributed by atoms with Crippen LogP contribution in [0, 0.1) is 0 Å². The predicted octanol–water partition coefficient (Wildman–Crippen LogP) is 1.96. The lowest BCUT2D eigenvalue weighted by Crippen LogP contribution is -3.11. The van der Waals surface area contributed by atoms with Crippen molar-refractivity contribution in [2.24, 2.45) is 0 Å². The van der Waals surface area contributed by atoms with Gasteiger partial charge in [0.15, 0.2) is 16.9 Å². The van der Waals surface area contributed by atoms with Gasteiger partial charge in [0.05, 0.1) is 31.5 Å². The Morgan fingerprint density at radius 1 is 0.886 bits per heavy atom. The minimum Gasteiger partial charge on any atom is -0.507 e. The highest BCUT2D eigenvalue weighted by molar-refractivity contribution is 5.97. The van der Waals surface area contributed by atoms with E-state index in [9.17, 15) is 14.7 Å². The number of rotatable bonds is 10. The molecule has 2 heterocycles. The average Bonchev–Trinajstić information content (AvgIpc) is 2.85. The minimum atomic E-state index is -0.639. The van der Waals surface area contributed by atoms with Crippen LogP contribution < -0.4 is 20.9 Å². The molecule has 4 aromatic rings. The van der Waals surface area contributed by atoms with Crippen LogP contribution in [0.3, 0.4) is 0 Å². The van der Waals surface area contributed by atoms with Crippen LogP contribution in [0.25, 0.3) is 33.1 Å². The van der Waals surface area contributed by atoms with Crippen molar-refractivity contribution in [3.05, 3.63) is 68.9 Å².